The lowest BCUT2D eigenvalue weighted by atomic mass is 10.0. The van der Waals surface area contributed by atoms with Crippen molar-refractivity contribution in [1.82, 2.24) is 0 Å². The molecule has 0 radical (unpaired) electrons. The Bertz CT molecular complexity index is 1160. The second-order valence-electron chi connectivity index (χ2n) is 6.87. The number of nitrogens with one attached hydrogen (secondary N) is 1. The molecule has 0 aliphatic carbocycles. The summed E-state index contributed by atoms with van der Waals surface area (Å²) in [6.45, 7) is 4.69. The maximum Gasteiger partial charge on any atom is 0.340 e. The first-order valence-corrected chi connectivity index (χ1v) is 10.8. The van der Waals surface area contributed by atoms with E-state index < -0.39 is 32.4 Å². The molecule has 174 valence electrons. The Labute approximate surface area is 186 Å². The highest BCUT2D eigenvalue weighted by atomic mass is 32.2. The fraction of sp³-hybridized carbons (Fsp3) is 0.333. The lowest BCUT2D eigenvalue weighted by molar-refractivity contribution is -0.282. The molecule has 32 heavy (non-hydrogen) atoms. The Hall–Kier alpha value is -3.15. The van der Waals surface area contributed by atoms with Crippen LogP contribution in [0, 0.1) is 20.8 Å². The third-order valence-electron chi connectivity index (χ3n) is 4.90. The van der Waals surface area contributed by atoms with Crippen molar-refractivity contribution in [2.24, 2.45) is 0 Å². The molecule has 2 rings (SSSR count). The van der Waals surface area contributed by atoms with Crippen LogP contribution in [-0.4, -0.2) is 46.8 Å². The maximum absolute atomic E-state index is 13.4. The van der Waals surface area contributed by atoms with Crippen molar-refractivity contribution in [2.45, 2.75) is 32.3 Å². The van der Waals surface area contributed by atoms with Crippen molar-refractivity contribution in [2.75, 3.05) is 26.1 Å². The summed E-state index contributed by atoms with van der Waals surface area (Å²) in [6, 6.07) is 3.86. The number of rotatable bonds is 8. The number of phenolic OH excluding ortho intramolecular Hbond substituents is 1. The highest BCUT2D eigenvalue weighted by Gasteiger charge is 2.31. The van der Waals surface area contributed by atoms with Crippen LogP contribution < -0.4 is 4.72 Å². The molecular formula is C21H25NO9S. The largest absolute Gasteiger partial charge is 0.508 e. The molecule has 0 aliphatic heterocycles. The number of methoxy groups -OCH3 is 2. The third-order valence-corrected chi connectivity index (χ3v) is 6.27. The van der Waals surface area contributed by atoms with E-state index in [-0.39, 0.29) is 29.2 Å². The summed E-state index contributed by atoms with van der Waals surface area (Å²) >= 11 is 0. The highest BCUT2D eigenvalue weighted by molar-refractivity contribution is 7.92. The molecule has 0 fully saturated rings. The second kappa shape index (κ2) is 9.98. The summed E-state index contributed by atoms with van der Waals surface area (Å²) in [4.78, 5) is 33.8. The molecule has 2 aromatic rings. The molecule has 2 N–H and O–H groups in total. The molecule has 0 aromatic heterocycles. The van der Waals surface area contributed by atoms with Crippen molar-refractivity contribution in [3.63, 3.8) is 0 Å². The standard InChI is InChI=1S/C21H25NO9S/c1-11-7-16(23)12(2)13(3)19(11)22-32(26,27)17-9-14(10-31-30-6)8-15(20(24)28-4)18(17)21(25)29-5/h7-9,22-23H,10H2,1-6H3. The van der Waals surface area contributed by atoms with Gasteiger partial charge in [-0.3, -0.25) is 4.72 Å². The van der Waals surface area contributed by atoms with Crippen LogP contribution >= 0.6 is 0 Å². The zero-order valence-corrected chi connectivity index (χ0v) is 19.4. The van der Waals surface area contributed by atoms with Crippen LogP contribution in [0.4, 0.5) is 5.69 Å². The molecule has 2 aromatic carbocycles. The topological polar surface area (TPSA) is 137 Å². The van der Waals surface area contributed by atoms with Crippen LogP contribution in [0.2, 0.25) is 0 Å². The molecule has 0 unspecified atom stereocenters. The number of esters is 2. The normalized spacial score (nSPS) is 11.2. The van der Waals surface area contributed by atoms with Gasteiger partial charge in [0.15, 0.2) is 0 Å². The molecule has 0 saturated carbocycles. The quantitative estimate of drug-likeness (QED) is 0.260. The fourth-order valence-electron chi connectivity index (χ4n) is 3.09. The van der Waals surface area contributed by atoms with E-state index in [2.05, 4.69) is 9.61 Å². The van der Waals surface area contributed by atoms with Crippen molar-refractivity contribution >= 4 is 27.6 Å². The summed E-state index contributed by atoms with van der Waals surface area (Å²) in [5, 5.41) is 10.00. The molecule has 11 heteroatoms. The minimum Gasteiger partial charge on any atom is -0.508 e. The van der Waals surface area contributed by atoms with E-state index in [1.807, 2.05) is 0 Å². The van der Waals surface area contributed by atoms with Crippen molar-refractivity contribution < 1.29 is 42.4 Å². The van der Waals surface area contributed by atoms with Gasteiger partial charge in [0.25, 0.3) is 10.0 Å². The molecular weight excluding hydrogens is 442 g/mol. The monoisotopic (exact) mass is 467 g/mol. The summed E-state index contributed by atoms with van der Waals surface area (Å²) in [7, 11) is -0.997. The predicted molar refractivity (Wildman–Crippen MR) is 114 cm³/mol. The van der Waals surface area contributed by atoms with Crippen LogP contribution in [0.3, 0.4) is 0 Å². The minimum absolute atomic E-state index is 0.0184. The second-order valence-corrected chi connectivity index (χ2v) is 8.52. The van der Waals surface area contributed by atoms with Crippen LogP contribution in [0.1, 0.15) is 43.0 Å². The number of carbonyl (C=O) groups excluding carboxylic acids is 2. The average molecular weight is 467 g/mol. The molecule has 0 bridgehead atoms. The lowest BCUT2D eigenvalue weighted by Crippen LogP contribution is -2.22. The van der Waals surface area contributed by atoms with E-state index in [1.54, 1.807) is 20.8 Å². The van der Waals surface area contributed by atoms with Gasteiger partial charge in [-0.15, -0.1) is 0 Å². The van der Waals surface area contributed by atoms with Crippen LogP contribution in [-0.2, 0) is 35.9 Å². The van der Waals surface area contributed by atoms with E-state index in [1.165, 1.54) is 25.3 Å². The van der Waals surface area contributed by atoms with E-state index in [4.69, 9.17) is 14.4 Å². The zero-order valence-electron chi connectivity index (χ0n) is 18.6. The first-order chi connectivity index (χ1) is 15.0. The van der Waals surface area contributed by atoms with E-state index in [0.717, 1.165) is 14.2 Å². The number of sulfonamides is 1. The number of phenols is 1. The van der Waals surface area contributed by atoms with Gasteiger partial charge in [-0.25, -0.2) is 27.8 Å². The molecule has 0 spiro atoms. The number of carbonyl (C=O) groups is 2. The van der Waals surface area contributed by atoms with E-state index in [9.17, 15) is 23.1 Å². The number of hydrogen-bond acceptors (Lipinski definition) is 9. The van der Waals surface area contributed by atoms with Crippen molar-refractivity contribution in [3.8, 4) is 5.75 Å². The molecule has 0 saturated heterocycles. The Morgan fingerprint density at radius 2 is 1.59 bits per heavy atom. The van der Waals surface area contributed by atoms with Gasteiger partial charge in [0.2, 0.25) is 0 Å². The number of anilines is 1. The first-order valence-electron chi connectivity index (χ1n) is 9.30. The number of hydrogen-bond donors (Lipinski definition) is 2. The molecule has 0 atom stereocenters. The van der Waals surface area contributed by atoms with E-state index >= 15 is 0 Å². The van der Waals surface area contributed by atoms with Gasteiger partial charge in [0, 0.05) is 0 Å². The number of aromatic hydroxyl groups is 1. The van der Waals surface area contributed by atoms with Gasteiger partial charge in [0.1, 0.15) is 17.3 Å². The van der Waals surface area contributed by atoms with Gasteiger partial charge in [-0.05, 0) is 61.2 Å². The van der Waals surface area contributed by atoms with Gasteiger partial charge < -0.3 is 14.6 Å². The van der Waals surface area contributed by atoms with Gasteiger partial charge in [0.05, 0.1) is 38.1 Å². The van der Waals surface area contributed by atoms with Gasteiger partial charge in [-0.1, -0.05) is 0 Å². The minimum atomic E-state index is -4.42. The molecule has 0 aliphatic rings. The Balaban J connectivity index is 2.79. The van der Waals surface area contributed by atoms with Crippen LogP contribution in [0.25, 0.3) is 0 Å². The number of ether oxygens (including phenoxy) is 2. The Morgan fingerprint density at radius 1 is 0.969 bits per heavy atom. The van der Waals surface area contributed by atoms with Crippen molar-refractivity contribution in [1.29, 1.82) is 0 Å². The fourth-order valence-corrected chi connectivity index (χ4v) is 4.55. The smallest absolute Gasteiger partial charge is 0.340 e. The lowest BCUT2D eigenvalue weighted by Gasteiger charge is -2.19. The number of benzene rings is 2. The Morgan fingerprint density at radius 3 is 2.16 bits per heavy atom. The summed E-state index contributed by atoms with van der Waals surface area (Å²) in [6.07, 6.45) is 0. The molecule has 0 amide bonds. The van der Waals surface area contributed by atoms with Gasteiger partial charge in [-0.2, -0.15) is 0 Å². The Kier molecular flexibility index (Phi) is 7.83. The first kappa shape index (κ1) is 25.1. The molecule has 0 heterocycles. The highest BCUT2D eigenvalue weighted by Crippen LogP contribution is 2.33. The SMILES string of the molecule is COOCc1cc(C(=O)OC)c(C(=O)OC)c(S(=O)(=O)Nc2c(C)cc(O)c(C)c2C)c1. The summed E-state index contributed by atoms with van der Waals surface area (Å²) in [5.41, 5.74) is 1.11. The van der Waals surface area contributed by atoms with Crippen LogP contribution in [0.5, 0.6) is 5.75 Å². The summed E-state index contributed by atoms with van der Waals surface area (Å²) < 4.78 is 38.8. The summed E-state index contributed by atoms with van der Waals surface area (Å²) in [5.74, 6) is -1.96. The van der Waals surface area contributed by atoms with E-state index in [0.29, 0.717) is 16.7 Å². The number of aryl methyl sites for hydroxylation is 1. The molecule has 10 nitrogen and oxygen atoms in total. The zero-order chi connectivity index (χ0) is 24.2. The third kappa shape index (κ3) is 5.01. The maximum atomic E-state index is 13.4. The van der Waals surface area contributed by atoms with Crippen LogP contribution in [0.15, 0.2) is 23.1 Å². The average Bonchev–Trinajstić information content (AvgIpc) is 2.77. The van der Waals surface area contributed by atoms with Gasteiger partial charge >= 0.3 is 11.9 Å². The van der Waals surface area contributed by atoms with Crippen molar-refractivity contribution in [3.05, 3.63) is 51.6 Å². The predicted octanol–water partition coefficient (Wildman–Crippen LogP) is 2.77.